The summed E-state index contributed by atoms with van der Waals surface area (Å²) >= 11 is 7.62. The Morgan fingerprint density at radius 1 is 1.19 bits per heavy atom. The lowest BCUT2D eigenvalue weighted by Gasteiger charge is -2.25. The van der Waals surface area contributed by atoms with E-state index in [2.05, 4.69) is 0 Å². The minimum Gasteiger partial charge on any atom is -0.507 e. The maximum atomic E-state index is 13.2. The SMILES string of the molecule is Cc1ccsc1C1/C(=C(/O)c2ccc3c(c2)CC(C)O3)C(=O)C(=O)N1c1cccc(Cl)c1. The first-order chi connectivity index (χ1) is 15.3. The van der Waals surface area contributed by atoms with Crippen LogP contribution in [-0.2, 0) is 16.0 Å². The standard InChI is InChI=1S/C25H20ClNO4S/c1-13-8-9-32-24(13)21-20(22(28)15-6-7-19-16(11-15)10-14(2)31-19)23(29)25(30)27(21)18-5-3-4-17(26)12-18/h3-9,11-12,14,21,28H,10H2,1-2H3/b22-20-. The molecule has 0 bridgehead atoms. The number of hydrogen-bond donors (Lipinski definition) is 1. The van der Waals surface area contributed by atoms with Crippen molar-refractivity contribution in [2.75, 3.05) is 4.90 Å². The molecule has 2 aromatic carbocycles. The molecule has 0 spiro atoms. The Kier molecular flexibility index (Phi) is 5.07. The first-order valence-electron chi connectivity index (χ1n) is 10.3. The van der Waals surface area contributed by atoms with Crippen LogP contribution in [0.2, 0.25) is 5.02 Å². The number of nitrogens with zero attached hydrogens (tertiary/aromatic N) is 1. The van der Waals surface area contributed by atoms with Crippen molar-refractivity contribution in [2.45, 2.75) is 32.4 Å². The summed E-state index contributed by atoms with van der Waals surface area (Å²) in [5, 5.41) is 13.7. The summed E-state index contributed by atoms with van der Waals surface area (Å²) in [5.41, 5.74) is 2.98. The number of anilines is 1. The summed E-state index contributed by atoms with van der Waals surface area (Å²) in [7, 11) is 0. The highest BCUT2D eigenvalue weighted by Gasteiger charge is 2.48. The molecule has 2 aliphatic rings. The number of rotatable bonds is 3. The summed E-state index contributed by atoms with van der Waals surface area (Å²) in [6.07, 6.45) is 0.783. The zero-order chi connectivity index (χ0) is 22.6. The van der Waals surface area contributed by atoms with Gasteiger partial charge in [0.15, 0.2) is 0 Å². The quantitative estimate of drug-likeness (QED) is 0.308. The third-order valence-electron chi connectivity index (χ3n) is 5.85. The van der Waals surface area contributed by atoms with Gasteiger partial charge in [-0.1, -0.05) is 17.7 Å². The number of hydrogen-bond acceptors (Lipinski definition) is 5. The number of Topliss-reactive ketones (excluding diaryl/α,β-unsaturated/α-hetero) is 1. The number of amides is 1. The van der Waals surface area contributed by atoms with Gasteiger partial charge in [-0.25, -0.2) is 0 Å². The lowest BCUT2D eigenvalue weighted by atomic mass is 9.97. The molecule has 162 valence electrons. The molecule has 1 saturated heterocycles. The number of halogens is 1. The van der Waals surface area contributed by atoms with E-state index in [4.69, 9.17) is 16.3 Å². The third kappa shape index (κ3) is 3.31. The van der Waals surface area contributed by atoms with E-state index in [0.29, 0.717) is 16.3 Å². The van der Waals surface area contributed by atoms with Crippen LogP contribution in [0.25, 0.3) is 5.76 Å². The lowest BCUT2D eigenvalue weighted by Crippen LogP contribution is -2.29. The summed E-state index contributed by atoms with van der Waals surface area (Å²) < 4.78 is 5.75. The van der Waals surface area contributed by atoms with Crippen LogP contribution in [0.4, 0.5) is 5.69 Å². The Bertz CT molecular complexity index is 1290. The second kappa shape index (κ2) is 7.80. The number of thiophene rings is 1. The van der Waals surface area contributed by atoms with Gasteiger partial charge >= 0.3 is 0 Å². The van der Waals surface area contributed by atoms with Gasteiger partial charge in [-0.05, 0) is 72.8 Å². The lowest BCUT2D eigenvalue weighted by molar-refractivity contribution is -0.132. The minimum atomic E-state index is -0.739. The number of aliphatic hydroxyl groups is 1. The van der Waals surface area contributed by atoms with E-state index in [-0.39, 0.29) is 17.4 Å². The van der Waals surface area contributed by atoms with E-state index in [1.165, 1.54) is 16.2 Å². The maximum absolute atomic E-state index is 13.2. The van der Waals surface area contributed by atoms with Crippen LogP contribution in [0.15, 0.2) is 59.5 Å². The molecule has 1 N–H and O–H groups in total. The van der Waals surface area contributed by atoms with Crippen LogP contribution in [0.1, 0.15) is 34.5 Å². The van der Waals surface area contributed by atoms with Gasteiger partial charge in [0.1, 0.15) is 23.7 Å². The Balaban J connectivity index is 1.70. The van der Waals surface area contributed by atoms with Gasteiger partial charge in [-0.2, -0.15) is 0 Å². The molecule has 1 amide bonds. The van der Waals surface area contributed by atoms with Gasteiger partial charge in [-0.3, -0.25) is 14.5 Å². The highest BCUT2D eigenvalue weighted by Crippen LogP contribution is 2.45. The van der Waals surface area contributed by atoms with Gasteiger partial charge in [0.25, 0.3) is 11.7 Å². The fraction of sp³-hybridized carbons (Fsp3) is 0.200. The second-order valence-corrected chi connectivity index (χ2v) is 9.46. The predicted octanol–water partition coefficient (Wildman–Crippen LogP) is 5.66. The van der Waals surface area contributed by atoms with Crippen molar-refractivity contribution in [3.8, 4) is 5.75 Å². The predicted molar refractivity (Wildman–Crippen MR) is 126 cm³/mol. The fourth-order valence-electron chi connectivity index (χ4n) is 4.36. The minimum absolute atomic E-state index is 0.0598. The third-order valence-corrected chi connectivity index (χ3v) is 7.16. The summed E-state index contributed by atoms with van der Waals surface area (Å²) in [4.78, 5) is 28.7. The van der Waals surface area contributed by atoms with Gasteiger partial charge in [-0.15, -0.1) is 11.3 Å². The average Bonchev–Trinajstić information content (AvgIpc) is 3.42. The van der Waals surface area contributed by atoms with Crippen LogP contribution < -0.4 is 9.64 Å². The monoisotopic (exact) mass is 465 g/mol. The largest absolute Gasteiger partial charge is 0.507 e. The molecule has 5 rings (SSSR count). The molecular weight excluding hydrogens is 446 g/mol. The van der Waals surface area contributed by atoms with Crippen LogP contribution >= 0.6 is 22.9 Å². The number of benzene rings is 2. The van der Waals surface area contributed by atoms with Crippen molar-refractivity contribution >= 4 is 46.1 Å². The molecule has 3 aromatic rings. The van der Waals surface area contributed by atoms with Crippen LogP contribution in [0.3, 0.4) is 0 Å². The van der Waals surface area contributed by atoms with Gasteiger partial charge in [0.05, 0.1) is 5.57 Å². The van der Waals surface area contributed by atoms with Gasteiger partial charge < -0.3 is 9.84 Å². The van der Waals surface area contributed by atoms with E-state index in [0.717, 1.165) is 28.2 Å². The van der Waals surface area contributed by atoms with Crippen molar-refractivity contribution in [2.24, 2.45) is 0 Å². The number of aryl methyl sites for hydroxylation is 1. The molecule has 5 nitrogen and oxygen atoms in total. The van der Waals surface area contributed by atoms with E-state index in [9.17, 15) is 14.7 Å². The van der Waals surface area contributed by atoms with Crippen molar-refractivity contribution < 1.29 is 19.4 Å². The van der Waals surface area contributed by atoms with Crippen LogP contribution in [0.5, 0.6) is 5.75 Å². The molecule has 3 heterocycles. The molecule has 2 atom stereocenters. The Morgan fingerprint density at radius 2 is 2.00 bits per heavy atom. The topological polar surface area (TPSA) is 66.8 Å². The average molecular weight is 466 g/mol. The van der Waals surface area contributed by atoms with Crippen molar-refractivity contribution in [1.29, 1.82) is 0 Å². The normalized spacial score (nSPS) is 21.7. The van der Waals surface area contributed by atoms with Crippen molar-refractivity contribution in [1.82, 2.24) is 0 Å². The van der Waals surface area contributed by atoms with Gasteiger partial charge in [0.2, 0.25) is 0 Å². The molecule has 0 saturated carbocycles. The molecule has 1 fully saturated rings. The van der Waals surface area contributed by atoms with Gasteiger partial charge in [0, 0.05) is 27.6 Å². The molecule has 0 aliphatic carbocycles. The second-order valence-electron chi connectivity index (χ2n) is 8.07. The smallest absolute Gasteiger partial charge is 0.300 e. The molecule has 0 radical (unpaired) electrons. The van der Waals surface area contributed by atoms with E-state index >= 15 is 0 Å². The highest BCUT2D eigenvalue weighted by molar-refractivity contribution is 7.10. The van der Waals surface area contributed by atoms with Crippen molar-refractivity contribution in [3.05, 3.63) is 86.1 Å². The summed E-state index contributed by atoms with van der Waals surface area (Å²) in [5.74, 6) is -0.817. The van der Waals surface area contributed by atoms with E-state index < -0.39 is 17.7 Å². The Morgan fingerprint density at radius 3 is 2.72 bits per heavy atom. The van der Waals surface area contributed by atoms with E-state index in [1.807, 2.05) is 31.4 Å². The number of carbonyl (C=O) groups is 2. The van der Waals surface area contributed by atoms with Crippen molar-refractivity contribution in [3.63, 3.8) is 0 Å². The molecule has 32 heavy (non-hydrogen) atoms. The number of ketones is 1. The number of aliphatic hydroxyl groups excluding tert-OH is 1. The maximum Gasteiger partial charge on any atom is 0.300 e. The van der Waals surface area contributed by atoms with E-state index in [1.54, 1.807) is 36.4 Å². The summed E-state index contributed by atoms with van der Waals surface area (Å²) in [6.45, 7) is 3.91. The number of carbonyl (C=O) groups excluding carboxylic acids is 2. The molecule has 1 aromatic heterocycles. The first-order valence-corrected chi connectivity index (χ1v) is 11.5. The first kappa shape index (κ1) is 20.8. The molecule has 7 heteroatoms. The zero-order valence-electron chi connectivity index (χ0n) is 17.5. The highest BCUT2D eigenvalue weighted by atomic mass is 35.5. The Labute approximate surface area is 194 Å². The molecular formula is C25H20ClNO4S. The molecule has 2 unspecified atom stereocenters. The number of ether oxygens (including phenoxy) is 1. The fourth-order valence-corrected chi connectivity index (χ4v) is 5.57. The number of fused-ring (bicyclic) bond motifs is 1. The Hall–Kier alpha value is -3.09. The zero-order valence-corrected chi connectivity index (χ0v) is 19.0. The van der Waals surface area contributed by atoms with Crippen LogP contribution in [0, 0.1) is 6.92 Å². The van der Waals surface area contributed by atoms with Crippen LogP contribution in [-0.4, -0.2) is 22.9 Å². The molecule has 2 aliphatic heterocycles. The summed E-state index contributed by atoms with van der Waals surface area (Å²) in [6, 6.07) is 13.4.